The first-order valence-corrected chi connectivity index (χ1v) is 8.18. The number of H-pyrrole nitrogens is 1. The molecule has 0 radical (unpaired) electrons. The molecule has 0 unspecified atom stereocenters. The Morgan fingerprint density at radius 3 is 2.38 bits per heavy atom. The summed E-state index contributed by atoms with van der Waals surface area (Å²) in [6.07, 6.45) is 0. The standard InChI is InChI=1S/C20H19N3O3/c1-13-8-10-16(11-9-13)23-19(25)17(18(24)22-20(23)26)14(2)21-12-15-6-4-3-5-7-15/h3-11,25H,12H2,1-2H3,(H,22,24,26). The normalized spacial score (nSPS) is 11.5. The molecule has 6 heteroatoms. The number of aromatic amines is 1. The van der Waals surface area contributed by atoms with Crippen molar-refractivity contribution >= 4 is 5.71 Å². The molecule has 2 N–H and O–H groups in total. The fourth-order valence-electron chi connectivity index (χ4n) is 2.66. The average Bonchev–Trinajstić information content (AvgIpc) is 2.62. The van der Waals surface area contributed by atoms with Crippen molar-refractivity contribution in [2.45, 2.75) is 20.4 Å². The Hall–Kier alpha value is -3.41. The number of hydrogen-bond donors (Lipinski definition) is 2. The van der Waals surface area contributed by atoms with Crippen molar-refractivity contribution in [2.75, 3.05) is 0 Å². The lowest BCUT2D eigenvalue weighted by Gasteiger charge is -2.11. The lowest BCUT2D eigenvalue weighted by atomic mass is 10.2. The van der Waals surface area contributed by atoms with Gasteiger partial charge < -0.3 is 5.11 Å². The zero-order chi connectivity index (χ0) is 18.7. The summed E-state index contributed by atoms with van der Waals surface area (Å²) in [7, 11) is 0. The third-order valence-electron chi connectivity index (χ3n) is 4.08. The van der Waals surface area contributed by atoms with Gasteiger partial charge in [0, 0.05) is 0 Å². The summed E-state index contributed by atoms with van der Waals surface area (Å²) in [5.41, 5.74) is 1.45. The maximum absolute atomic E-state index is 12.2. The van der Waals surface area contributed by atoms with Crippen LogP contribution in [-0.2, 0) is 6.54 Å². The molecule has 6 nitrogen and oxygen atoms in total. The molecule has 3 aromatic rings. The molecule has 0 saturated carbocycles. The van der Waals surface area contributed by atoms with E-state index >= 15 is 0 Å². The van der Waals surface area contributed by atoms with Gasteiger partial charge in [0.05, 0.1) is 17.9 Å². The summed E-state index contributed by atoms with van der Waals surface area (Å²) in [5, 5.41) is 10.6. The number of benzene rings is 2. The summed E-state index contributed by atoms with van der Waals surface area (Å²) in [6.45, 7) is 3.93. The maximum Gasteiger partial charge on any atom is 0.335 e. The Morgan fingerprint density at radius 2 is 1.73 bits per heavy atom. The van der Waals surface area contributed by atoms with E-state index in [9.17, 15) is 14.7 Å². The van der Waals surface area contributed by atoms with Crippen molar-refractivity contribution in [1.82, 2.24) is 9.55 Å². The van der Waals surface area contributed by atoms with Gasteiger partial charge in [-0.15, -0.1) is 0 Å². The topological polar surface area (TPSA) is 87.4 Å². The quantitative estimate of drug-likeness (QED) is 0.710. The number of aromatic nitrogens is 2. The van der Waals surface area contributed by atoms with Crippen LogP contribution in [0.5, 0.6) is 5.88 Å². The summed E-state index contributed by atoms with van der Waals surface area (Å²) >= 11 is 0. The van der Waals surface area contributed by atoms with E-state index in [1.165, 1.54) is 0 Å². The van der Waals surface area contributed by atoms with Gasteiger partial charge in [-0.3, -0.25) is 14.8 Å². The molecule has 0 atom stereocenters. The van der Waals surface area contributed by atoms with Crippen molar-refractivity contribution in [2.24, 2.45) is 4.99 Å². The predicted octanol–water partition coefficient (Wildman–Crippen LogP) is 2.55. The van der Waals surface area contributed by atoms with Crippen molar-refractivity contribution in [3.05, 3.63) is 92.1 Å². The molecule has 3 rings (SSSR count). The van der Waals surface area contributed by atoms with Gasteiger partial charge in [-0.2, -0.15) is 0 Å². The number of aryl methyl sites for hydroxylation is 1. The third-order valence-corrected chi connectivity index (χ3v) is 4.08. The van der Waals surface area contributed by atoms with E-state index in [0.29, 0.717) is 17.9 Å². The second kappa shape index (κ2) is 7.23. The van der Waals surface area contributed by atoms with E-state index in [1.807, 2.05) is 49.4 Å². The van der Waals surface area contributed by atoms with Crippen LogP contribution in [-0.4, -0.2) is 20.4 Å². The zero-order valence-electron chi connectivity index (χ0n) is 14.6. The molecule has 0 aliphatic rings. The first kappa shape index (κ1) is 17.4. The van der Waals surface area contributed by atoms with Crippen LogP contribution in [0.3, 0.4) is 0 Å². The number of nitrogens with zero attached hydrogens (tertiary/aromatic N) is 2. The van der Waals surface area contributed by atoms with Gasteiger partial charge in [0.25, 0.3) is 5.56 Å². The fraction of sp³-hybridized carbons (Fsp3) is 0.150. The first-order chi connectivity index (χ1) is 12.5. The Labute approximate surface area is 150 Å². The Bertz CT molecular complexity index is 1060. The largest absolute Gasteiger partial charge is 0.493 e. The molecule has 0 bridgehead atoms. The molecule has 0 spiro atoms. The highest BCUT2D eigenvalue weighted by Gasteiger charge is 2.17. The Balaban J connectivity index is 2.07. The summed E-state index contributed by atoms with van der Waals surface area (Å²) in [4.78, 5) is 31.1. The first-order valence-electron chi connectivity index (χ1n) is 8.18. The van der Waals surface area contributed by atoms with Crippen molar-refractivity contribution < 1.29 is 5.11 Å². The highest BCUT2D eigenvalue weighted by atomic mass is 16.3. The highest BCUT2D eigenvalue weighted by molar-refractivity contribution is 6.00. The molecular weight excluding hydrogens is 330 g/mol. The van der Waals surface area contributed by atoms with E-state index in [-0.39, 0.29) is 5.56 Å². The van der Waals surface area contributed by atoms with Gasteiger partial charge in [0.2, 0.25) is 5.88 Å². The molecule has 26 heavy (non-hydrogen) atoms. The summed E-state index contributed by atoms with van der Waals surface area (Å²) in [5.74, 6) is -0.420. The molecule has 2 aromatic carbocycles. The van der Waals surface area contributed by atoms with Crippen LogP contribution in [0.4, 0.5) is 0 Å². The number of nitrogens with one attached hydrogen (secondary N) is 1. The second-order valence-electron chi connectivity index (χ2n) is 6.02. The fourth-order valence-corrected chi connectivity index (χ4v) is 2.66. The van der Waals surface area contributed by atoms with Crippen LogP contribution in [0.1, 0.15) is 23.6 Å². The van der Waals surface area contributed by atoms with Gasteiger partial charge in [-0.1, -0.05) is 48.0 Å². The van der Waals surface area contributed by atoms with Crippen LogP contribution >= 0.6 is 0 Å². The Morgan fingerprint density at radius 1 is 1.08 bits per heavy atom. The Kier molecular flexibility index (Phi) is 4.84. The van der Waals surface area contributed by atoms with E-state index in [1.54, 1.807) is 19.1 Å². The molecule has 0 amide bonds. The van der Waals surface area contributed by atoms with Gasteiger partial charge >= 0.3 is 5.69 Å². The maximum atomic E-state index is 12.2. The highest BCUT2D eigenvalue weighted by Crippen LogP contribution is 2.18. The SMILES string of the molecule is CC(=NCc1ccccc1)c1c(O)n(-c2ccc(C)cc2)c(=O)[nH]c1=O. The smallest absolute Gasteiger partial charge is 0.335 e. The molecule has 132 valence electrons. The lowest BCUT2D eigenvalue weighted by molar-refractivity contribution is 0.429. The number of hydrogen-bond acceptors (Lipinski definition) is 4. The number of aromatic hydroxyl groups is 1. The average molecular weight is 349 g/mol. The van der Waals surface area contributed by atoms with Crippen LogP contribution in [0.15, 0.2) is 69.2 Å². The minimum absolute atomic E-state index is 0.0129. The van der Waals surface area contributed by atoms with Crippen molar-refractivity contribution in [1.29, 1.82) is 0 Å². The second-order valence-corrected chi connectivity index (χ2v) is 6.02. The molecule has 0 aliphatic heterocycles. The van der Waals surface area contributed by atoms with E-state index in [4.69, 9.17) is 0 Å². The molecule has 0 fully saturated rings. The van der Waals surface area contributed by atoms with Crippen LogP contribution in [0.25, 0.3) is 5.69 Å². The van der Waals surface area contributed by atoms with Crippen LogP contribution in [0, 0.1) is 6.92 Å². The van der Waals surface area contributed by atoms with Crippen molar-refractivity contribution in [3.8, 4) is 11.6 Å². The van der Waals surface area contributed by atoms with Crippen LogP contribution in [0.2, 0.25) is 0 Å². The zero-order valence-corrected chi connectivity index (χ0v) is 14.6. The third kappa shape index (κ3) is 3.49. The molecule has 0 aliphatic carbocycles. The van der Waals surface area contributed by atoms with Crippen molar-refractivity contribution in [3.63, 3.8) is 0 Å². The lowest BCUT2D eigenvalue weighted by Crippen LogP contribution is -2.32. The summed E-state index contributed by atoms with van der Waals surface area (Å²) < 4.78 is 1.07. The summed E-state index contributed by atoms with van der Waals surface area (Å²) in [6, 6.07) is 16.6. The molecule has 1 heterocycles. The molecular formula is C20H19N3O3. The van der Waals surface area contributed by atoms with Gasteiger partial charge in [-0.05, 0) is 31.5 Å². The van der Waals surface area contributed by atoms with E-state index in [2.05, 4.69) is 9.98 Å². The minimum Gasteiger partial charge on any atom is -0.493 e. The predicted molar refractivity (Wildman–Crippen MR) is 101 cm³/mol. The van der Waals surface area contributed by atoms with Gasteiger partial charge in [0.1, 0.15) is 5.56 Å². The minimum atomic E-state index is -0.698. The molecule has 1 aromatic heterocycles. The van der Waals surface area contributed by atoms with Gasteiger partial charge in [0.15, 0.2) is 0 Å². The monoisotopic (exact) mass is 349 g/mol. The van der Waals surface area contributed by atoms with E-state index < -0.39 is 17.1 Å². The molecule has 0 saturated heterocycles. The number of rotatable bonds is 4. The van der Waals surface area contributed by atoms with Gasteiger partial charge in [-0.25, -0.2) is 9.36 Å². The number of aliphatic imine (C=N–C) groups is 1. The van der Waals surface area contributed by atoms with E-state index in [0.717, 1.165) is 15.7 Å². The van der Waals surface area contributed by atoms with Crippen LogP contribution < -0.4 is 11.2 Å².